The molecule has 46 valence electrons. The average molecular weight is 143 g/mol. The fraction of sp³-hybridized carbons (Fsp3) is 0. The maximum atomic E-state index is 8.79. The molecule has 3 heteroatoms. The first-order valence-electron chi connectivity index (χ1n) is 2.52. The molecule has 0 unspecified atom stereocenters. The van der Waals surface area contributed by atoms with Gasteiger partial charge in [-0.25, -0.2) is 0 Å². The first-order chi connectivity index (χ1) is 4.33. The van der Waals surface area contributed by atoms with Crippen molar-refractivity contribution in [3.8, 4) is 11.8 Å². The van der Waals surface area contributed by atoms with Crippen LogP contribution in [0.25, 0.3) is 0 Å². The van der Waals surface area contributed by atoms with E-state index in [2.05, 4.69) is 0 Å². The number of hydrogen-bond acceptors (Lipinski definition) is 2. The quantitative estimate of drug-likeness (QED) is 0.443. The minimum absolute atomic E-state index is 0. The van der Waals surface area contributed by atoms with Crippen molar-refractivity contribution in [2.75, 3.05) is 0 Å². The number of rotatable bonds is 0. The van der Waals surface area contributed by atoms with E-state index >= 15 is 0 Å². The van der Waals surface area contributed by atoms with Crippen molar-refractivity contribution in [2.24, 2.45) is 0 Å². The average Bonchev–Trinajstić information content (AvgIpc) is 1.88. The van der Waals surface area contributed by atoms with Crippen LogP contribution in [0.5, 0.6) is 5.75 Å². The molecule has 1 rings (SSSR count). The van der Waals surface area contributed by atoms with Crippen LogP contribution in [0, 0.1) is 11.3 Å². The Bertz CT molecular complexity index is 259. The maximum absolute atomic E-state index is 8.79. The smallest absolute Gasteiger partial charge is 1.00 e. The summed E-state index contributed by atoms with van der Waals surface area (Å²) in [7, 11) is 0. The van der Waals surface area contributed by atoms with Crippen LogP contribution in [-0.2, 0) is 0 Å². The molecule has 1 N–H and O–H groups in total. The molecule has 0 spiro atoms. The fourth-order valence-corrected chi connectivity index (χ4v) is 0.575. The predicted molar refractivity (Wildman–Crippen MR) is 33.9 cm³/mol. The summed E-state index contributed by atoms with van der Waals surface area (Å²) in [5.41, 5.74) is 0.481. The Morgan fingerprint density at radius 2 is 2.20 bits per heavy atom. The number of nitrogens with zero attached hydrogens (tertiary/aromatic N) is 1. The Kier molecular flexibility index (Phi) is 4.13. The van der Waals surface area contributed by atoms with Gasteiger partial charge in [-0.1, -0.05) is 6.07 Å². The Hall–Kier alpha value is -0.490. The molecule has 1 aromatic rings. The van der Waals surface area contributed by atoms with E-state index in [1.165, 1.54) is 12.1 Å². The number of nitriles is 1. The van der Waals surface area contributed by atoms with E-state index in [0.717, 1.165) is 0 Å². The van der Waals surface area contributed by atoms with Crippen molar-refractivity contribution >= 4 is 0 Å². The van der Waals surface area contributed by atoms with Gasteiger partial charge in [-0.3, -0.25) is 0 Å². The molecule has 0 heterocycles. The van der Waals surface area contributed by atoms with Gasteiger partial charge in [-0.15, -0.1) is 0 Å². The van der Waals surface area contributed by atoms with Crippen LogP contribution in [-0.4, -0.2) is 5.11 Å². The zero-order chi connectivity index (χ0) is 6.69. The molecule has 0 saturated heterocycles. The molecule has 10 heavy (non-hydrogen) atoms. The molecule has 0 radical (unpaired) electrons. The molecule has 0 bridgehead atoms. The van der Waals surface area contributed by atoms with Crippen LogP contribution in [0.15, 0.2) is 24.3 Å². The molecule has 0 atom stereocenters. The molecule has 2 nitrogen and oxygen atoms in total. The molecular weight excluding hydrogens is 137 g/mol. The van der Waals surface area contributed by atoms with Gasteiger partial charge in [0, 0.05) is 0 Å². The van der Waals surface area contributed by atoms with Crippen LogP contribution in [0.1, 0.15) is 6.99 Å². The SMILES string of the molecule is N#Cc1cccc(O)c1.[H-].[Na+]. The third kappa shape index (κ3) is 2.40. The van der Waals surface area contributed by atoms with Crippen LogP contribution in [0.4, 0.5) is 0 Å². The predicted octanol–water partition coefficient (Wildman–Crippen LogP) is -1.62. The summed E-state index contributed by atoms with van der Waals surface area (Å²) >= 11 is 0. The molecule has 0 aromatic heterocycles. The molecule has 0 amide bonds. The van der Waals surface area contributed by atoms with E-state index in [1.54, 1.807) is 12.1 Å². The van der Waals surface area contributed by atoms with Crippen LogP contribution in [0.3, 0.4) is 0 Å². The van der Waals surface area contributed by atoms with Gasteiger partial charge in [0.25, 0.3) is 0 Å². The van der Waals surface area contributed by atoms with Gasteiger partial charge >= 0.3 is 29.6 Å². The van der Waals surface area contributed by atoms with Gasteiger partial charge in [0.2, 0.25) is 0 Å². The summed E-state index contributed by atoms with van der Waals surface area (Å²) in [6.07, 6.45) is 0. The van der Waals surface area contributed by atoms with Crippen molar-refractivity contribution in [3.63, 3.8) is 0 Å². The van der Waals surface area contributed by atoms with Gasteiger partial charge in [0.05, 0.1) is 11.6 Å². The third-order valence-electron chi connectivity index (χ3n) is 0.975. The summed E-state index contributed by atoms with van der Waals surface area (Å²) < 4.78 is 0. The fourth-order valence-electron chi connectivity index (χ4n) is 0.575. The van der Waals surface area contributed by atoms with Crippen molar-refractivity contribution in [1.29, 1.82) is 5.26 Å². The van der Waals surface area contributed by atoms with Gasteiger partial charge < -0.3 is 6.53 Å². The van der Waals surface area contributed by atoms with Gasteiger partial charge in [-0.2, -0.15) is 5.26 Å². The second-order valence-electron chi connectivity index (χ2n) is 1.66. The molecule has 1 aromatic carbocycles. The number of phenolic OH excluding ortho intramolecular Hbond substituents is 1. The summed E-state index contributed by atoms with van der Waals surface area (Å²) in [5.74, 6) is 0.133. The number of benzene rings is 1. The maximum Gasteiger partial charge on any atom is 1.00 e. The van der Waals surface area contributed by atoms with Crippen molar-refractivity contribution in [1.82, 2.24) is 0 Å². The van der Waals surface area contributed by atoms with Crippen molar-refractivity contribution < 1.29 is 36.1 Å². The largest absolute Gasteiger partial charge is 1.00 e. The Labute approximate surface area is 82.9 Å². The van der Waals surface area contributed by atoms with E-state index in [9.17, 15) is 0 Å². The second-order valence-corrected chi connectivity index (χ2v) is 1.66. The van der Waals surface area contributed by atoms with Gasteiger partial charge in [0.1, 0.15) is 5.75 Å². The zero-order valence-electron chi connectivity index (χ0n) is 6.70. The summed E-state index contributed by atoms with van der Waals surface area (Å²) in [6, 6.07) is 8.12. The zero-order valence-corrected chi connectivity index (χ0v) is 7.70. The monoisotopic (exact) mass is 143 g/mol. The van der Waals surface area contributed by atoms with E-state index < -0.39 is 0 Å². The minimum atomic E-state index is 0. The molecule has 0 aliphatic carbocycles. The van der Waals surface area contributed by atoms with Crippen LogP contribution >= 0.6 is 0 Å². The first-order valence-corrected chi connectivity index (χ1v) is 2.52. The number of phenols is 1. The van der Waals surface area contributed by atoms with Gasteiger partial charge in [0.15, 0.2) is 0 Å². The molecule has 0 aliphatic heterocycles. The summed E-state index contributed by atoms with van der Waals surface area (Å²) in [4.78, 5) is 0. The second kappa shape index (κ2) is 4.35. The standard InChI is InChI=1S/C7H5NO.Na.H/c8-5-6-2-1-3-7(9)4-6;;/h1-4,9H;;/q;+1;-1. The normalized spacial score (nSPS) is 7.50. The van der Waals surface area contributed by atoms with E-state index in [1.807, 2.05) is 6.07 Å². The van der Waals surface area contributed by atoms with E-state index in [-0.39, 0.29) is 36.7 Å². The molecule has 0 saturated carbocycles. The van der Waals surface area contributed by atoms with Crippen molar-refractivity contribution in [2.45, 2.75) is 0 Å². The minimum Gasteiger partial charge on any atom is -1.00 e. The van der Waals surface area contributed by atoms with Crippen LogP contribution in [0.2, 0.25) is 0 Å². The molecule has 0 aliphatic rings. The molecular formula is C7H6NNaO. The van der Waals surface area contributed by atoms with E-state index in [0.29, 0.717) is 5.56 Å². The molecule has 0 fully saturated rings. The summed E-state index contributed by atoms with van der Waals surface area (Å²) in [5, 5.41) is 17.1. The Morgan fingerprint density at radius 1 is 1.50 bits per heavy atom. The Balaban J connectivity index is 0. The third-order valence-corrected chi connectivity index (χ3v) is 0.975. The Morgan fingerprint density at radius 3 is 2.60 bits per heavy atom. The number of aromatic hydroxyl groups is 1. The van der Waals surface area contributed by atoms with Gasteiger partial charge in [-0.05, 0) is 18.2 Å². The number of hydrogen-bond donors (Lipinski definition) is 1. The summed E-state index contributed by atoms with van der Waals surface area (Å²) in [6.45, 7) is 0. The topological polar surface area (TPSA) is 44.0 Å². The van der Waals surface area contributed by atoms with E-state index in [4.69, 9.17) is 10.4 Å². The van der Waals surface area contributed by atoms with Crippen molar-refractivity contribution in [3.05, 3.63) is 29.8 Å². The first kappa shape index (κ1) is 9.51. The van der Waals surface area contributed by atoms with Crippen LogP contribution < -0.4 is 29.6 Å².